The second kappa shape index (κ2) is 3.62. The smallest absolute Gasteiger partial charge is 0.120 e. The average molecular weight is 193 g/mol. The summed E-state index contributed by atoms with van der Waals surface area (Å²) >= 11 is 0. The fourth-order valence-corrected chi connectivity index (χ4v) is 1.38. The highest BCUT2D eigenvalue weighted by Gasteiger charge is 2.24. The van der Waals surface area contributed by atoms with Crippen LogP contribution in [0.2, 0.25) is 0 Å². The van der Waals surface area contributed by atoms with E-state index in [1.165, 1.54) is 0 Å². The summed E-state index contributed by atoms with van der Waals surface area (Å²) in [5, 5.41) is 9.75. The second-order valence-electron chi connectivity index (χ2n) is 4.91. The molecule has 0 unspecified atom stereocenters. The van der Waals surface area contributed by atoms with Crippen molar-refractivity contribution in [2.24, 2.45) is 11.1 Å². The van der Waals surface area contributed by atoms with Gasteiger partial charge in [-0.1, -0.05) is 32.9 Å². The van der Waals surface area contributed by atoms with Gasteiger partial charge >= 0.3 is 0 Å². The topological polar surface area (TPSA) is 46.2 Å². The lowest BCUT2D eigenvalue weighted by Gasteiger charge is -2.28. The minimum atomic E-state index is -0.136. The Morgan fingerprint density at radius 2 is 1.86 bits per heavy atom. The van der Waals surface area contributed by atoms with Crippen molar-refractivity contribution < 1.29 is 5.11 Å². The van der Waals surface area contributed by atoms with E-state index in [1.54, 1.807) is 6.07 Å². The lowest BCUT2D eigenvalue weighted by molar-refractivity contribution is 0.317. The van der Waals surface area contributed by atoms with Crippen LogP contribution >= 0.6 is 0 Å². The summed E-state index contributed by atoms with van der Waals surface area (Å²) in [5.41, 5.74) is 7.90. The molecule has 2 nitrogen and oxygen atoms in total. The van der Waals surface area contributed by atoms with Gasteiger partial charge in [-0.05, 0) is 24.0 Å². The number of hydrogen-bond acceptors (Lipinski definition) is 2. The Morgan fingerprint density at radius 3 is 2.29 bits per heavy atom. The number of nitrogens with two attached hydrogens (primary N) is 1. The van der Waals surface area contributed by atoms with Gasteiger partial charge in [-0.3, -0.25) is 0 Å². The van der Waals surface area contributed by atoms with Crippen molar-refractivity contribution in [1.82, 2.24) is 0 Å². The highest BCUT2D eigenvalue weighted by Crippen LogP contribution is 2.35. The molecule has 14 heavy (non-hydrogen) atoms. The molecular weight excluding hydrogens is 174 g/mol. The molecule has 0 heterocycles. The number of rotatable bonds is 1. The van der Waals surface area contributed by atoms with Crippen LogP contribution in [-0.4, -0.2) is 5.11 Å². The van der Waals surface area contributed by atoms with Gasteiger partial charge in [0.05, 0.1) is 0 Å². The molecule has 1 aromatic carbocycles. The summed E-state index contributed by atoms with van der Waals surface area (Å²) in [6.07, 6.45) is 0. The molecule has 0 amide bonds. The standard InChI is InChI=1S/C12H19NO/c1-8-5-6-9(10(14)7-8)11(13)12(2,3)4/h5-7,11,14H,13H2,1-4H3/t11-/m1/s1. The van der Waals surface area contributed by atoms with Crippen molar-refractivity contribution in [3.8, 4) is 5.75 Å². The summed E-state index contributed by atoms with van der Waals surface area (Å²) in [5.74, 6) is 0.299. The van der Waals surface area contributed by atoms with Crippen LogP contribution in [-0.2, 0) is 0 Å². The van der Waals surface area contributed by atoms with Gasteiger partial charge in [-0.25, -0.2) is 0 Å². The van der Waals surface area contributed by atoms with E-state index in [4.69, 9.17) is 5.73 Å². The molecule has 2 heteroatoms. The lowest BCUT2D eigenvalue weighted by atomic mass is 9.82. The Balaban J connectivity index is 3.08. The fourth-order valence-electron chi connectivity index (χ4n) is 1.38. The molecule has 0 saturated carbocycles. The Hall–Kier alpha value is -1.02. The highest BCUT2D eigenvalue weighted by atomic mass is 16.3. The molecule has 0 fully saturated rings. The zero-order valence-corrected chi connectivity index (χ0v) is 9.33. The minimum Gasteiger partial charge on any atom is -0.508 e. The first-order valence-corrected chi connectivity index (χ1v) is 4.87. The first-order chi connectivity index (χ1) is 6.32. The van der Waals surface area contributed by atoms with Crippen molar-refractivity contribution in [2.45, 2.75) is 33.7 Å². The van der Waals surface area contributed by atoms with E-state index in [2.05, 4.69) is 20.8 Å². The molecule has 0 saturated heterocycles. The molecular formula is C12H19NO. The van der Waals surface area contributed by atoms with Crippen molar-refractivity contribution in [2.75, 3.05) is 0 Å². The number of aryl methyl sites for hydroxylation is 1. The van der Waals surface area contributed by atoms with E-state index in [-0.39, 0.29) is 11.5 Å². The number of phenols is 1. The predicted molar refractivity (Wildman–Crippen MR) is 59.2 cm³/mol. The van der Waals surface area contributed by atoms with Gasteiger partial charge in [-0.2, -0.15) is 0 Å². The van der Waals surface area contributed by atoms with Crippen LogP contribution in [0.3, 0.4) is 0 Å². The lowest BCUT2D eigenvalue weighted by Crippen LogP contribution is -2.26. The third-order valence-corrected chi connectivity index (χ3v) is 2.45. The summed E-state index contributed by atoms with van der Waals surface area (Å²) in [4.78, 5) is 0. The summed E-state index contributed by atoms with van der Waals surface area (Å²) in [7, 11) is 0. The molecule has 0 spiro atoms. The fraction of sp³-hybridized carbons (Fsp3) is 0.500. The molecule has 3 N–H and O–H groups in total. The van der Waals surface area contributed by atoms with E-state index in [0.29, 0.717) is 5.75 Å². The first kappa shape index (κ1) is 11.1. The third kappa shape index (κ3) is 2.26. The van der Waals surface area contributed by atoms with Gasteiger partial charge in [0.15, 0.2) is 0 Å². The van der Waals surface area contributed by atoms with Crippen LogP contribution in [0, 0.1) is 12.3 Å². The van der Waals surface area contributed by atoms with E-state index < -0.39 is 0 Å². The number of aromatic hydroxyl groups is 1. The van der Waals surface area contributed by atoms with Crippen molar-refractivity contribution >= 4 is 0 Å². The maximum atomic E-state index is 9.75. The zero-order valence-electron chi connectivity index (χ0n) is 9.33. The molecule has 0 bridgehead atoms. The maximum absolute atomic E-state index is 9.75. The monoisotopic (exact) mass is 193 g/mol. The molecule has 0 aliphatic rings. The number of phenolic OH excluding ortho intramolecular Hbond substituents is 1. The summed E-state index contributed by atoms with van der Waals surface area (Å²) in [6, 6.07) is 5.49. The van der Waals surface area contributed by atoms with E-state index >= 15 is 0 Å². The first-order valence-electron chi connectivity index (χ1n) is 4.87. The molecule has 1 aromatic rings. The normalized spacial score (nSPS) is 14.1. The molecule has 1 atom stereocenters. The zero-order chi connectivity index (χ0) is 10.9. The molecule has 0 aliphatic heterocycles. The summed E-state index contributed by atoms with van der Waals surface area (Å²) in [6.45, 7) is 8.15. The van der Waals surface area contributed by atoms with Gasteiger partial charge in [0, 0.05) is 11.6 Å². The quantitative estimate of drug-likeness (QED) is 0.720. The van der Waals surface area contributed by atoms with Crippen molar-refractivity contribution in [1.29, 1.82) is 0 Å². The Bertz CT molecular complexity index is 326. The van der Waals surface area contributed by atoms with Gasteiger partial charge in [0.2, 0.25) is 0 Å². The minimum absolute atomic E-state index is 0.0350. The van der Waals surface area contributed by atoms with Gasteiger partial charge in [0.1, 0.15) is 5.75 Å². The van der Waals surface area contributed by atoms with Crippen molar-refractivity contribution in [3.63, 3.8) is 0 Å². The van der Waals surface area contributed by atoms with Crippen LogP contribution in [0.4, 0.5) is 0 Å². The Labute approximate surface area is 85.8 Å². The number of benzene rings is 1. The van der Waals surface area contributed by atoms with E-state index in [9.17, 15) is 5.11 Å². The average Bonchev–Trinajstić information content (AvgIpc) is 2.01. The largest absolute Gasteiger partial charge is 0.508 e. The van der Waals surface area contributed by atoms with Crippen molar-refractivity contribution in [3.05, 3.63) is 29.3 Å². The maximum Gasteiger partial charge on any atom is 0.120 e. The van der Waals surface area contributed by atoms with E-state index in [1.807, 2.05) is 19.1 Å². The molecule has 78 valence electrons. The number of hydrogen-bond donors (Lipinski definition) is 2. The van der Waals surface area contributed by atoms with Gasteiger partial charge in [-0.15, -0.1) is 0 Å². The molecule has 0 radical (unpaired) electrons. The predicted octanol–water partition coefficient (Wildman–Crippen LogP) is 2.75. The SMILES string of the molecule is Cc1ccc([C@@H](N)C(C)(C)C)c(O)c1. The Kier molecular flexibility index (Phi) is 2.86. The van der Waals surface area contributed by atoms with Crippen LogP contribution in [0.1, 0.15) is 37.9 Å². The van der Waals surface area contributed by atoms with Gasteiger partial charge < -0.3 is 10.8 Å². The van der Waals surface area contributed by atoms with Crippen LogP contribution in [0.25, 0.3) is 0 Å². The van der Waals surface area contributed by atoms with Crippen LogP contribution in [0.15, 0.2) is 18.2 Å². The van der Waals surface area contributed by atoms with Crippen LogP contribution < -0.4 is 5.73 Å². The molecule has 1 rings (SSSR count). The summed E-state index contributed by atoms with van der Waals surface area (Å²) < 4.78 is 0. The molecule has 0 aromatic heterocycles. The second-order valence-corrected chi connectivity index (χ2v) is 4.91. The highest BCUT2D eigenvalue weighted by molar-refractivity contribution is 5.38. The third-order valence-electron chi connectivity index (χ3n) is 2.45. The van der Waals surface area contributed by atoms with E-state index in [0.717, 1.165) is 11.1 Å². The molecule has 0 aliphatic carbocycles. The van der Waals surface area contributed by atoms with Gasteiger partial charge in [0.25, 0.3) is 0 Å². The van der Waals surface area contributed by atoms with Crippen LogP contribution in [0.5, 0.6) is 5.75 Å². The Morgan fingerprint density at radius 1 is 1.29 bits per heavy atom.